The summed E-state index contributed by atoms with van der Waals surface area (Å²) in [4.78, 5) is 26.7. The van der Waals surface area contributed by atoms with Gasteiger partial charge in [-0.1, -0.05) is 36.6 Å². The van der Waals surface area contributed by atoms with Crippen molar-refractivity contribution in [3.8, 4) is 0 Å². The molecule has 1 heterocycles. The van der Waals surface area contributed by atoms with Crippen LogP contribution in [0, 0.1) is 11.3 Å². The summed E-state index contributed by atoms with van der Waals surface area (Å²) in [6.07, 6.45) is 6.38. The molecule has 1 N–H and O–H groups in total. The Morgan fingerprint density at radius 3 is 2.16 bits per heavy atom. The number of hydrogen-bond donors (Lipinski definition) is 1. The number of likely N-dealkylation sites (tertiary alicyclic amines) is 1. The van der Waals surface area contributed by atoms with Gasteiger partial charge in [0.25, 0.3) is 0 Å². The maximum atomic E-state index is 13.4. The van der Waals surface area contributed by atoms with Gasteiger partial charge < -0.3 is 10.0 Å². The van der Waals surface area contributed by atoms with E-state index in [0.717, 1.165) is 50.5 Å². The predicted molar refractivity (Wildman–Crippen MR) is 95.6 cm³/mol. The van der Waals surface area contributed by atoms with Gasteiger partial charge in [-0.05, 0) is 55.2 Å². The summed E-state index contributed by atoms with van der Waals surface area (Å²) >= 11 is 6.03. The molecule has 3 fully saturated rings. The topological polar surface area (TPSA) is 57.6 Å². The van der Waals surface area contributed by atoms with E-state index in [1.807, 2.05) is 29.2 Å². The van der Waals surface area contributed by atoms with E-state index in [4.69, 9.17) is 11.6 Å². The second-order valence-corrected chi connectivity index (χ2v) is 8.48. The lowest BCUT2D eigenvalue weighted by atomic mass is 9.76. The second kappa shape index (κ2) is 6.01. The average molecular weight is 362 g/mol. The number of piperidine rings is 1. The zero-order valence-electron chi connectivity index (χ0n) is 14.3. The average Bonchev–Trinajstić information content (AvgIpc) is 3.09. The first kappa shape index (κ1) is 16.9. The highest BCUT2D eigenvalue weighted by Gasteiger charge is 2.59. The van der Waals surface area contributed by atoms with Crippen LogP contribution in [-0.2, 0) is 15.0 Å². The summed E-state index contributed by atoms with van der Waals surface area (Å²) < 4.78 is 0. The highest BCUT2D eigenvalue weighted by atomic mass is 35.5. The standard InChI is InChI=1S/C20H24ClNO3/c21-15-5-3-14(4-6-15)20(7-1-2-8-20)18(25)22-11-9-19(10-12-22)13-16(19)17(23)24/h3-6,16H,1-2,7-13H2,(H,23,24). The number of carboxylic acids is 1. The fourth-order valence-corrected chi connectivity index (χ4v) is 5.21. The predicted octanol–water partition coefficient (Wildman–Crippen LogP) is 3.87. The second-order valence-electron chi connectivity index (χ2n) is 8.05. The third kappa shape index (κ3) is 2.75. The van der Waals surface area contributed by atoms with E-state index in [1.165, 1.54) is 0 Å². The van der Waals surface area contributed by atoms with Gasteiger partial charge in [-0.2, -0.15) is 0 Å². The number of benzene rings is 1. The smallest absolute Gasteiger partial charge is 0.307 e. The molecule has 134 valence electrons. The number of rotatable bonds is 3. The van der Waals surface area contributed by atoms with Crippen molar-refractivity contribution in [2.75, 3.05) is 13.1 Å². The van der Waals surface area contributed by atoms with Gasteiger partial charge in [0, 0.05) is 18.1 Å². The lowest BCUT2D eigenvalue weighted by molar-refractivity contribution is -0.140. The zero-order chi connectivity index (χ0) is 17.7. The van der Waals surface area contributed by atoms with E-state index in [2.05, 4.69) is 0 Å². The maximum Gasteiger partial charge on any atom is 0.307 e. The minimum absolute atomic E-state index is 0.0360. The van der Waals surface area contributed by atoms with Crippen molar-refractivity contribution >= 4 is 23.5 Å². The first-order valence-corrected chi connectivity index (χ1v) is 9.63. The van der Waals surface area contributed by atoms with Gasteiger partial charge in [0.1, 0.15) is 0 Å². The number of halogens is 1. The van der Waals surface area contributed by atoms with E-state index >= 15 is 0 Å². The number of hydrogen-bond acceptors (Lipinski definition) is 2. The van der Waals surface area contributed by atoms with Crippen LogP contribution in [0.2, 0.25) is 5.02 Å². The van der Waals surface area contributed by atoms with Gasteiger partial charge in [-0.25, -0.2) is 0 Å². The third-order valence-corrected chi connectivity index (χ3v) is 7.05. The molecule has 1 amide bonds. The van der Waals surface area contributed by atoms with Crippen molar-refractivity contribution in [1.29, 1.82) is 0 Å². The van der Waals surface area contributed by atoms with Gasteiger partial charge in [0.2, 0.25) is 5.91 Å². The van der Waals surface area contributed by atoms with Crippen LogP contribution in [0.5, 0.6) is 0 Å². The summed E-state index contributed by atoms with van der Waals surface area (Å²) in [5.74, 6) is -0.635. The van der Waals surface area contributed by atoms with Crippen LogP contribution in [0.1, 0.15) is 50.5 Å². The Balaban J connectivity index is 1.51. The quantitative estimate of drug-likeness (QED) is 0.889. The lowest BCUT2D eigenvalue weighted by Gasteiger charge is -2.39. The van der Waals surface area contributed by atoms with Crippen LogP contribution in [0.4, 0.5) is 0 Å². The maximum absolute atomic E-state index is 13.4. The number of carbonyl (C=O) groups excluding carboxylic acids is 1. The molecule has 1 aliphatic heterocycles. The molecule has 2 aliphatic carbocycles. The van der Waals surface area contributed by atoms with Gasteiger partial charge in [-0.3, -0.25) is 9.59 Å². The Hall–Kier alpha value is -1.55. The molecule has 0 radical (unpaired) electrons. The Morgan fingerprint density at radius 1 is 1.04 bits per heavy atom. The molecule has 1 unspecified atom stereocenters. The van der Waals surface area contributed by atoms with Gasteiger partial charge in [-0.15, -0.1) is 0 Å². The molecule has 4 rings (SSSR count). The molecule has 1 atom stereocenters. The molecule has 1 aromatic carbocycles. The van der Waals surface area contributed by atoms with Crippen LogP contribution in [0.3, 0.4) is 0 Å². The van der Waals surface area contributed by atoms with Crippen LogP contribution in [0.25, 0.3) is 0 Å². The van der Waals surface area contributed by atoms with E-state index < -0.39 is 11.4 Å². The summed E-state index contributed by atoms with van der Waals surface area (Å²) in [5.41, 5.74) is 0.630. The van der Waals surface area contributed by atoms with E-state index in [0.29, 0.717) is 18.1 Å². The minimum atomic E-state index is -0.673. The molecule has 1 spiro atoms. The number of carboxylic acid groups (broad SMARTS) is 1. The largest absolute Gasteiger partial charge is 0.481 e. The molecule has 5 heteroatoms. The minimum Gasteiger partial charge on any atom is -0.481 e. The van der Waals surface area contributed by atoms with Crippen molar-refractivity contribution in [2.45, 2.75) is 50.4 Å². The molecule has 0 bridgehead atoms. The monoisotopic (exact) mass is 361 g/mol. The Labute approximate surface area is 153 Å². The van der Waals surface area contributed by atoms with E-state index in [9.17, 15) is 14.7 Å². The zero-order valence-corrected chi connectivity index (χ0v) is 15.1. The molecule has 3 aliphatic rings. The Morgan fingerprint density at radius 2 is 1.64 bits per heavy atom. The van der Waals surface area contributed by atoms with Crippen molar-refractivity contribution in [1.82, 2.24) is 4.90 Å². The molecule has 0 aromatic heterocycles. The first-order chi connectivity index (χ1) is 12.0. The normalized spacial score (nSPS) is 26.6. The van der Waals surface area contributed by atoms with E-state index in [1.54, 1.807) is 0 Å². The van der Waals surface area contributed by atoms with Crippen molar-refractivity contribution in [2.24, 2.45) is 11.3 Å². The van der Waals surface area contributed by atoms with Crippen LogP contribution >= 0.6 is 11.6 Å². The van der Waals surface area contributed by atoms with E-state index in [-0.39, 0.29) is 17.2 Å². The first-order valence-electron chi connectivity index (χ1n) is 9.25. The summed E-state index contributed by atoms with van der Waals surface area (Å²) in [6, 6.07) is 7.74. The molecule has 4 nitrogen and oxygen atoms in total. The molecule has 2 saturated carbocycles. The van der Waals surface area contributed by atoms with Gasteiger partial charge in [0.15, 0.2) is 0 Å². The summed E-state index contributed by atoms with van der Waals surface area (Å²) in [6.45, 7) is 1.38. The SMILES string of the molecule is O=C(O)C1CC12CCN(C(=O)C1(c3ccc(Cl)cc3)CCCC1)CC2. The Bertz CT molecular complexity index is 685. The van der Waals surface area contributed by atoms with Crippen molar-refractivity contribution in [3.05, 3.63) is 34.9 Å². The van der Waals surface area contributed by atoms with Crippen LogP contribution in [-0.4, -0.2) is 35.0 Å². The highest BCUT2D eigenvalue weighted by Crippen LogP contribution is 2.59. The fraction of sp³-hybridized carbons (Fsp3) is 0.600. The lowest BCUT2D eigenvalue weighted by Crippen LogP contribution is -2.49. The highest BCUT2D eigenvalue weighted by molar-refractivity contribution is 6.30. The number of carbonyl (C=O) groups is 2. The van der Waals surface area contributed by atoms with Gasteiger partial charge in [0.05, 0.1) is 11.3 Å². The molecular weight excluding hydrogens is 338 g/mol. The molecular formula is C20H24ClNO3. The summed E-state index contributed by atoms with van der Waals surface area (Å²) in [5, 5.41) is 9.93. The molecule has 1 saturated heterocycles. The number of amides is 1. The summed E-state index contributed by atoms with van der Waals surface area (Å²) in [7, 11) is 0. The van der Waals surface area contributed by atoms with Crippen LogP contribution < -0.4 is 0 Å². The van der Waals surface area contributed by atoms with Crippen LogP contribution in [0.15, 0.2) is 24.3 Å². The third-order valence-electron chi connectivity index (χ3n) is 6.80. The van der Waals surface area contributed by atoms with Crippen molar-refractivity contribution < 1.29 is 14.7 Å². The Kier molecular flexibility index (Phi) is 4.06. The number of nitrogens with zero attached hydrogens (tertiary/aromatic N) is 1. The van der Waals surface area contributed by atoms with Crippen molar-refractivity contribution in [3.63, 3.8) is 0 Å². The fourth-order valence-electron chi connectivity index (χ4n) is 5.08. The number of aliphatic carboxylic acids is 1. The van der Waals surface area contributed by atoms with Gasteiger partial charge >= 0.3 is 5.97 Å². The molecule has 1 aromatic rings. The molecule has 25 heavy (non-hydrogen) atoms.